The molecule has 19 heavy (non-hydrogen) atoms. The summed E-state index contributed by atoms with van der Waals surface area (Å²) in [5.41, 5.74) is 1.35. The summed E-state index contributed by atoms with van der Waals surface area (Å²) < 4.78 is 0. The molecule has 1 aromatic carbocycles. The molecule has 2 heteroatoms. The predicted molar refractivity (Wildman–Crippen MR) is 76.9 cm³/mol. The van der Waals surface area contributed by atoms with Crippen molar-refractivity contribution in [3.05, 3.63) is 35.9 Å². The van der Waals surface area contributed by atoms with Crippen LogP contribution in [0.25, 0.3) is 0 Å². The van der Waals surface area contributed by atoms with Crippen LogP contribution in [0.4, 0.5) is 0 Å². The lowest BCUT2D eigenvalue weighted by atomic mass is 9.69. The molecule has 2 aliphatic rings. The lowest BCUT2D eigenvalue weighted by Gasteiger charge is -2.39. The molecule has 0 aromatic heterocycles. The van der Waals surface area contributed by atoms with Gasteiger partial charge in [0.25, 0.3) is 0 Å². The van der Waals surface area contributed by atoms with Gasteiger partial charge in [0, 0.05) is 13.0 Å². The predicted octanol–water partition coefficient (Wildman–Crippen LogP) is 3.49. The summed E-state index contributed by atoms with van der Waals surface area (Å²) in [7, 11) is 0. The topological polar surface area (TPSA) is 29.1 Å². The van der Waals surface area contributed by atoms with Crippen LogP contribution >= 0.6 is 0 Å². The summed E-state index contributed by atoms with van der Waals surface area (Å²) in [5, 5.41) is 3.09. The average molecular weight is 257 g/mol. The van der Waals surface area contributed by atoms with E-state index in [9.17, 15) is 4.79 Å². The fourth-order valence-electron chi connectivity index (χ4n) is 3.92. The highest BCUT2D eigenvalue weighted by atomic mass is 16.1. The van der Waals surface area contributed by atoms with Crippen LogP contribution in [-0.4, -0.2) is 12.5 Å². The van der Waals surface area contributed by atoms with Gasteiger partial charge >= 0.3 is 0 Å². The molecule has 0 spiro atoms. The van der Waals surface area contributed by atoms with E-state index in [0.29, 0.717) is 18.3 Å². The zero-order valence-electron chi connectivity index (χ0n) is 11.5. The van der Waals surface area contributed by atoms with Crippen molar-refractivity contribution < 1.29 is 4.79 Å². The molecule has 1 aliphatic carbocycles. The second kappa shape index (κ2) is 5.77. The highest BCUT2D eigenvalue weighted by Gasteiger charge is 2.35. The van der Waals surface area contributed by atoms with Gasteiger partial charge in [-0.25, -0.2) is 0 Å². The molecule has 1 saturated heterocycles. The molecule has 2 nitrogen and oxygen atoms in total. The summed E-state index contributed by atoms with van der Waals surface area (Å²) in [6.45, 7) is 0.878. The van der Waals surface area contributed by atoms with Crippen molar-refractivity contribution in [2.24, 2.45) is 11.8 Å². The van der Waals surface area contributed by atoms with E-state index in [1.165, 1.54) is 37.7 Å². The van der Waals surface area contributed by atoms with Crippen molar-refractivity contribution in [1.29, 1.82) is 0 Å². The molecule has 0 radical (unpaired) electrons. The number of rotatable bonds is 2. The maximum atomic E-state index is 11.8. The van der Waals surface area contributed by atoms with Gasteiger partial charge in [-0.3, -0.25) is 4.79 Å². The second-order valence-corrected chi connectivity index (χ2v) is 6.09. The number of hydrogen-bond donors (Lipinski definition) is 1. The summed E-state index contributed by atoms with van der Waals surface area (Å²) in [4.78, 5) is 11.8. The van der Waals surface area contributed by atoms with E-state index in [0.717, 1.165) is 12.5 Å². The molecule has 0 unspecified atom stereocenters. The first-order chi connectivity index (χ1) is 9.34. The van der Waals surface area contributed by atoms with Crippen molar-refractivity contribution in [3.63, 3.8) is 0 Å². The lowest BCUT2D eigenvalue weighted by molar-refractivity contribution is -0.124. The fourth-order valence-corrected chi connectivity index (χ4v) is 3.92. The molecule has 1 aromatic rings. The minimum Gasteiger partial charge on any atom is -0.356 e. The first kappa shape index (κ1) is 12.7. The van der Waals surface area contributed by atoms with Gasteiger partial charge in [0.1, 0.15) is 0 Å². The zero-order valence-corrected chi connectivity index (χ0v) is 11.5. The van der Waals surface area contributed by atoms with Crippen LogP contribution in [0, 0.1) is 11.8 Å². The number of carbonyl (C=O) groups is 1. The molecule has 102 valence electrons. The Balaban J connectivity index is 1.81. The van der Waals surface area contributed by atoms with Gasteiger partial charge < -0.3 is 5.32 Å². The number of piperidine rings is 1. The third-order valence-corrected chi connectivity index (χ3v) is 4.94. The van der Waals surface area contributed by atoms with Gasteiger partial charge in [-0.15, -0.1) is 0 Å². The highest BCUT2D eigenvalue weighted by Crippen LogP contribution is 2.41. The second-order valence-electron chi connectivity index (χ2n) is 6.09. The fraction of sp³-hybridized carbons (Fsp3) is 0.588. The Labute approximate surface area is 115 Å². The molecule has 1 aliphatic heterocycles. The van der Waals surface area contributed by atoms with E-state index in [1.54, 1.807) is 0 Å². The van der Waals surface area contributed by atoms with Gasteiger partial charge in [0.15, 0.2) is 0 Å². The summed E-state index contributed by atoms with van der Waals surface area (Å²) >= 11 is 0. The molecular formula is C17H23NO. The standard InChI is InChI=1S/C17H23NO/c19-17-11-15(13-7-3-1-4-8-13)16(12-18-17)14-9-5-2-6-10-14/h1,3-4,7-8,14-16H,2,5-6,9-12H2,(H,18,19)/t15-,16-/m0/s1. The quantitative estimate of drug-likeness (QED) is 0.863. The van der Waals surface area contributed by atoms with Crippen LogP contribution in [0.3, 0.4) is 0 Å². The van der Waals surface area contributed by atoms with Crippen LogP contribution in [0.15, 0.2) is 30.3 Å². The summed E-state index contributed by atoms with van der Waals surface area (Å²) in [5.74, 6) is 2.10. The highest BCUT2D eigenvalue weighted by molar-refractivity contribution is 5.78. The normalized spacial score (nSPS) is 28.9. The van der Waals surface area contributed by atoms with E-state index in [-0.39, 0.29) is 5.91 Å². The first-order valence-electron chi connectivity index (χ1n) is 7.66. The summed E-state index contributed by atoms with van der Waals surface area (Å²) in [6.07, 6.45) is 7.51. The Kier molecular flexibility index (Phi) is 3.86. The third kappa shape index (κ3) is 2.83. The molecule has 0 bridgehead atoms. The van der Waals surface area contributed by atoms with Gasteiger partial charge in [0.2, 0.25) is 5.91 Å². The van der Waals surface area contributed by atoms with Gasteiger partial charge in [-0.1, -0.05) is 62.4 Å². The molecule has 2 atom stereocenters. The molecule has 3 rings (SSSR count). The monoisotopic (exact) mass is 257 g/mol. The van der Waals surface area contributed by atoms with Gasteiger partial charge in [0.05, 0.1) is 0 Å². The Morgan fingerprint density at radius 2 is 1.74 bits per heavy atom. The van der Waals surface area contributed by atoms with E-state index >= 15 is 0 Å². The van der Waals surface area contributed by atoms with E-state index in [4.69, 9.17) is 0 Å². The van der Waals surface area contributed by atoms with E-state index in [2.05, 4.69) is 35.6 Å². The van der Waals surface area contributed by atoms with Gasteiger partial charge in [-0.2, -0.15) is 0 Å². The van der Waals surface area contributed by atoms with E-state index in [1.807, 2.05) is 0 Å². The molecule has 1 saturated carbocycles. The maximum absolute atomic E-state index is 11.8. The smallest absolute Gasteiger partial charge is 0.220 e. The third-order valence-electron chi connectivity index (χ3n) is 4.94. The molecular weight excluding hydrogens is 234 g/mol. The van der Waals surface area contributed by atoms with Crippen LogP contribution in [0.2, 0.25) is 0 Å². The zero-order chi connectivity index (χ0) is 13.1. The number of carbonyl (C=O) groups excluding carboxylic acids is 1. The Morgan fingerprint density at radius 3 is 2.47 bits per heavy atom. The van der Waals surface area contributed by atoms with Crippen LogP contribution < -0.4 is 5.32 Å². The average Bonchev–Trinajstić information content (AvgIpc) is 2.49. The van der Waals surface area contributed by atoms with Crippen molar-refractivity contribution in [1.82, 2.24) is 5.32 Å². The Hall–Kier alpha value is -1.31. The lowest BCUT2D eigenvalue weighted by Crippen LogP contribution is -2.43. The van der Waals surface area contributed by atoms with E-state index < -0.39 is 0 Å². The van der Waals surface area contributed by atoms with Crippen LogP contribution in [0.5, 0.6) is 0 Å². The minimum absolute atomic E-state index is 0.223. The Bertz CT molecular complexity index is 422. The summed E-state index contributed by atoms with van der Waals surface area (Å²) in [6, 6.07) is 10.6. The largest absolute Gasteiger partial charge is 0.356 e. The molecule has 1 amide bonds. The van der Waals surface area contributed by atoms with Crippen molar-refractivity contribution in [2.45, 2.75) is 44.4 Å². The SMILES string of the molecule is O=C1C[C@@H](c2ccccc2)[C@H](C2CCCCC2)CN1. The number of nitrogens with one attached hydrogen (secondary N) is 1. The minimum atomic E-state index is 0.223. The van der Waals surface area contributed by atoms with Crippen molar-refractivity contribution in [2.75, 3.05) is 6.54 Å². The molecule has 2 fully saturated rings. The number of amides is 1. The van der Waals surface area contributed by atoms with Gasteiger partial charge in [-0.05, 0) is 23.3 Å². The van der Waals surface area contributed by atoms with Crippen molar-refractivity contribution >= 4 is 5.91 Å². The maximum Gasteiger partial charge on any atom is 0.220 e. The number of benzene rings is 1. The Morgan fingerprint density at radius 1 is 1.00 bits per heavy atom. The van der Waals surface area contributed by atoms with Crippen LogP contribution in [-0.2, 0) is 4.79 Å². The molecule has 1 N–H and O–H groups in total. The molecule has 1 heterocycles. The van der Waals surface area contributed by atoms with Crippen molar-refractivity contribution in [3.8, 4) is 0 Å². The first-order valence-corrected chi connectivity index (χ1v) is 7.66. The van der Waals surface area contributed by atoms with Crippen LogP contribution in [0.1, 0.15) is 50.0 Å². The number of hydrogen-bond acceptors (Lipinski definition) is 1.